The zero-order chi connectivity index (χ0) is 25.9. The van der Waals surface area contributed by atoms with E-state index in [4.69, 9.17) is 5.73 Å². The Balaban J connectivity index is 1.72. The summed E-state index contributed by atoms with van der Waals surface area (Å²) in [6, 6.07) is 16.9. The molecule has 10 heteroatoms. The van der Waals surface area contributed by atoms with Gasteiger partial charge in [0.1, 0.15) is 10.7 Å². The number of aromatic nitrogens is 3. The zero-order valence-electron chi connectivity index (χ0n) is 20.3. The van der Waals surface area contributed by atoms with Gasteiger partial charge in [-0.3, -0.25) is 14.4 Å². The van der Waals surface area contributed by atoms with Crippen LogP contribution in [0.1, 0.15) is 18.7 Å². The van der Waals surface area contributed by atoms with Crippen LogP contribution in [0.25, 0.3) is 27.6 Å². The Hall–Kier alpha value is -4.57. The van der Waals surface area contributed by atoms with Gasteiger partial charge in [0, 0.05) is 36.4 Å². The van der Waals surface area contributed by atoms with E-state index >= 15 is 0 Å². The molecule has 1 atom stereocenters. The van der Waals surface area contributed by atoms with Crippen molar-refractivity contribution in [2.45, 2.75) is 13.0 Å². The second-order valence-electron chi connectivity index (χ2n) is 8.25. The number of nitrogens with one attached hydrogen (secondary N) is 1. The number of pyridine rings is 1. The van der Waals surface area contributed by atoms with Gasteiger partial charge in [0.2, 0.25) is 5.95 Å². The van der Waals surface area contributed by atoms with E-state index in [1.54, 1.807) is 29.6 Å². The van der Waals surface area contributed by atoms with Crippen LogP contribution in [-0.4, -0.2) is 38.9 Å². The number of nitrogens with two attached hydrogens (primary N) is 1. The Labute approximate surface area is 217 Å². The number of para-hydroxylation sites is 1. The standard InChI is InChI=1S/C27H24N8OS/c1-16(34-24(29-2)23-25(30-3)37-15-33-23)21-12-17-8-7-11-20(18-13-31-27(28)32-14-18)22(17)26(36)35(21)19-9-5-4-6-10-19/h4-16,34H,2H2,1,3H3,(H2,28,31,32)/b24-23-,30-25+/t16-/m0/s1. The van der Waals surface area contributed by atoms with Crippen LogP contribution >= 0.6 is 11.8 Å². The summed E-state index contributed by atoms with van der Waals surface area (Å²) in [6.45, 7) is 5.69. The van der Waals surface area contributed by atoms with Gasteiger partial charge in [-0.25, -0.2) is 20.0 Å². The molecule has 4 aromatic rings. The van der Waals surface area contributed by atoms with E-state index in [1.807, 2.05) is 61.5 Å². The first-order chi connectivity index (χ1) is 18.0. The molecule has 0 saturated carbocycles. The van der Waals surface area contributed by atoms with Crippen LogP contribution in [0.3, 0.4) is 0 Å². The molecule has 0 spiro atoms. The van der Waals surface area contributed by atoms with Crippen LogP contribution < -0.4 is 16.6 Å². The van der Waals surface area contributed by atoms with E-state index in [9.17, 15) is 4.79 Å². The second-order valence-corrected chi connectivity index (χ2v) is 9.08. The zero-order valence-corrected chi connectivity index (χ0v) is 21.1. The molecule has 0 unspecified atom stereocenters. The Kier molecular flexibility index (Phi) is 6.65. The van der Waals surface area contributed by atoms with Crippen molar-refractivity contribution in [1.82, 2.24) is 19.9 Å². The van der Waals surface area contributed by atoms with Crippen LogP contribution in [0.5, 0.6) is 0 Å². The molecule has 1 aliphatic heterocycles. The summed E-state index contributed by atoms with van der Waals surface area (Å²) in [5, 5.41) is 5.50. The lowest BCUT2D eigenvalue weighted by Gasteiger charge is -2.22. The summed E-state index contributed by atoms with van der Waals surface area (Å²) < 4.78 is 1.72. The van der Waals surface area contributed by atoms with Gasteiger partial charge < -0.3 is 11.1 Å². The fourth-order valence-electron chi connectivity index (χ4n) is 4.29. The molecule has 9 nitrogen and oxygen atoms in total. The monoisotopic (exact) mass is 508 g/mol. The van der Waals surface area contributed by atoms with Crippen molar-refractivity contribution < 1.29 is 0 Å². The first-order valence-electron chi connectivity index (χ1n) is 11.5. The molecule has 0 bridgehead atoms. The molecule has 0 saturated heterocycles. The minimum absolute atomic E-state index is 0.161. The summed E-state index contributed by atoms with van der Waals surface area (Å²) in [7, 11) is 1.71. The molecule has 2 aromatic heterocycles. The van der Waals surface area contributed by atoms with Gasteiger partial charge in [-0.05, 0) is 42.8 Å². The Bertz CT molecular complexity index is 1640. The van der Waals surface area contributed by atoms with Crippen LogP contribution in [-0.2, 0) is 0 Å². The number of thioether (sulfide) groups is 1. The largest absolute Gasteiger partial charge is 0.368 e. The molecule has 0 amide bonds. The summed E-state index contributed by atoms with van der Waals surface area (Å²) in [5.41, 5.74) is 10.8. The molecule has 184 valence electrons. The lowest BCUT2D eigenvalue weighted by Crippen LogP contribution is -2.29. The highest BCUT2D eigenvalue weighted by atomic mass is 32.2. The fraction of sp³-hybridized carbons (Fsp3) is 0.111. The minimum atomic E-state index is -0.326. The number of hydrogen-bond acceptors (Lipinski definition) is 9. The summed E-state index contributed by atoms with van der Waals surface area (Å²) in [4.78, 5) is 35.3. The van der Waals surface area contributed by atoms with Gasteiger partial charge in [-0.1, -0.05) is 48.2 Å². The molecule has 2 aromatic carbocycles. The Morgan fingerprint density at radius 2 is 1.89 bits per heavy atom. The third-order valence-corrected chi connectivity index (χ3v) is 6.81. The van der Waals surface area contributed by atoms with Gasteiger partial charge in [-0.15, -0.1) is 0 Å². The molecule has 0 aliphatic carbocycles. The average molecular weight is 509 g/mol. The number of anilines is 1. The number of rotatable bonds is 6. The highest BCUT2D eigenvalue weighted by Gasteiger charge is 2.22. The molecule has 1 aliphatic rings. The lowest BCUT2D eigenvalue weighted by atomic mass is 9.99. The van der Waals surface area contributed by atoms with Gasteiger partial charge in [0.25, 0.3) is 5.56 Å². The maximum absolute atomic E-state index is 14.2. The van der Waals surface area contributed by atoms with Crippen molar-refractivity contribution in [2.24, 2.45) is 15.0 Å². The Morgan fingerprint density at radius 3 is 2.59 bits per heavy atom. The van der Waals surface area contributed by atoms with Crippen molar-refractivity contribution in [1.29, 1.82) is 0 Å². The van der Waals surface area contributed by atoms with Crippen LogP contribution in [0.15, 0.2) is 98.3 Å². The van der Waals surface area contributed by atoms with Gasteiger partial charge >= 0.3 is 0 Å². The van der Waals surface area contributed by atoms with Crippen molar-refractivity contribution in [3.05, 3.63) is 94.6 Å². The minimum Gasteiger partial charge on any atom is -0.368 e. The lowest BCUT2D eigenvalue weighted by molar-refractivity contribution is 0.608. The van der Waals surface area contributed by atoms with E-state index in [2.05, 4.69) is 37.0 Å². The number of fused-ring (bicyclic) bond motifs is 1. The quantitative estimate of drug-likeness (QED) is 0.373. The van der Waals surface area contributed by atoms with Gasteiger partial charge in [0.05, 0.1) is 17.0 Å². The van der Waals surface area contributed by atoms with Crippen LogP contribution in [0, 0.1) is 0 Å². The normalized spacial score (nSPS) is 16.2. The molecule has 5 rings (SSSR count). The molecule has 3 heterocycles. The van der Waals surface area contributed by atoms with Crippen molar-refractivity contribution >= 4 is 45.8 Å². The average Bonchev–Trinajstić information content (AvgIpc) is 3.41. The molecular weight excluding hydrogens is 484 g/mol. The SMILES string of the molecule is C=N/C(N[C@@H](C)c1cc2cccc(-c3cnc(N)nc3)c2c(=O)n1-c1ccccc1)=C1/N=CS/C1=N/C. The predicted molar refractivity (Wildman–Crippen MR) is 153 cm³/mol. The van der Waals surface area contributed by atoms with E-state index in [-0.39, 0.29) is 17.5 Å². The van der Waals surface area contributed by atoms with Crippen LogP contribution in [0.2, 0.25) is 0 Å². The highest BCUT2D eigenvalue weighted by molar-refractivity contribution is 8.26. The van der Waals surface area contributed by atoms with Crippen molar-refractivity contribution in [3.63, 3.8) is 0 Å². The van der Waals surface area contributed by atoms with Crippen molar-refractivity contribution in [3.8, 4) is 16.8 Å². The number of benzene rings is 2. The number of aliphatic imine (C=N–C) groups is 3. The highest BCUT2D eigenvalue weighted by Crippen LogP contribution is 2.30. The molecule has 0 radical (unpaired) electrons. The topological polar surface area (TPSA) is 123 Å². The number of nitrogens with zero attached hydrogens (tertiary/aromatic N) is 6. The summed E-state index contributed by atoms with van der Waals surface area (Å²) in [6.07, 6.45) is 3.26. The van der Waals surface area contributed by atoms with E-state index in [0.717, 1.165) is 27.4 Å². The van der Waals surface area contributed by atoms with E-state index in [1.165, 1.54) is 11.8 Å². The molecule has 0 fully saturated rings. The predicted octanol–water partition coefficient (Wildman–Crippen LogP) is 4.35. The maximum atomic E-state index is 14.2. The van der Waals surface area contributed by atoms with E-state index in [0.29, 0.717) is 22.5 Å². The first-order valence-corrected chi connectivity index (χ1v) is 12.4. The number of hydrogen-bond donors (Lipinski definition) is 2. The van der Waals surface area contributed by atoms with Gasteiger partial charge in [-0.2, -0.15) is 0 Å². The molecular formula is C27H24N8OS. The maximum Gasteiger partial charge on any atom is 0.263 e. The summed E-state index contributed by atoms with van der Waals surface area (Å²) in [5.74, 6) is 0.671. The number of nitrogen functional groups attached to an aromatic ring is 1. The Morgan fingerprint density at radius 1 is 1.14 bits per heavy atom. The fourth-order valence-corrected chi connectivity index (χ4v) is 4.92. The molecule has 3 N–H and O–H groups in total. The van der Waals surface area contributed by atoms with Crippen LogP contribution in [0.4, 0.5) is 5.95 Å². The third-order valence-electron chi connectivity index (χ3n) is 6.00. The smallest absolute Gasteiger partial charge is 0.263 e. The molecule has 37 heavy (non-hydrogen) atoms. The van der Waals surface area contributed by atoms with E-state index < -0.39 is 0 Å². The van der Waals surface area contributed by atoms with Crippen molar-refractivity contribution in [2.75, 3.05) is 12.8 Å². The summed E-state index contributed by atoms with van der Waals surface area (Å²) >= 11 is 1.42. The first kappa shape index (κ1) is 24.1. The second kappa shape index (κ2) is 10.2. The third kappa shape index (κ3) is 4.54. The van der Waals surface area contributed by atoms with Gasteiger partial charge in [0.15, 0.2) is 5.82 Å².